The van der Waals surface area contributed by atoms with Crippen molar-refractivity contribution in [2.24, 2.45) is 10.9 Å². The smallest absolute Gasteiger partial charge is 0.256 e. The summed E-state index contributed by atoms with van der Waals surface area (Å²) in [6, 6.07) is 4.02. The number of methoxy groups -OCH3 is 1. The molecule has 0 saturated heterocycles. The molecule has 0 aliphatic heterocycles. The zero-order valence-electron chi connectivity index (χ0n) is 11.6. The standard InChI is InChI=1S/C13H18FN3O3/c1-4-13(2,20-3)12(18)16-9-7-5-6-8(14)10(9)11(15)17-19/h5-7,19H,4H2,1-3H3,(H2,15,17)(H,16,18). The van der Waals surface area contributed by atoms with Gasteiger partial charge in [-0.1, -0.05) is 18.1 Å². The Morgan fingerprint density at radius 1 is 1.60 bits per heavy atom. The van der Waals surface area contributed by atoms with E-state index in [0.717, 1.165) is 6.07 Å². The molecular formula is C13H18FN3O3. The van der Waals surface area contributed by atoms with Crippen LogP contribution in [0, 0.1) is 5.82 Å². The van der Waals surface area contributed by atoms with Gasteiger partial charge >= 0.3 is 0 Å². The summed E-state index contributed by atoms with van der Waals surface area (Å²) in [6.45, 7) is 3.41. The molecule has 6 nitrogen and oxygen atoms in total. The Morgan fingerprint density at radius 2 is 2.25 bits per heavy atom. The number of carbonyl (C=O) groups excluding carboxylic acids is 1. The molecule has 4 N–H and O–H groups in total. The molecule has 110 valence electrons. The Labute approximate surface area is 116 Å². The number of anilines is 1. The number of ether oxygens (including phenoxy) is 1. The number of nitrogens with one attached hydrogen (secondary N) is 1. The molecule has 1 aromatic rings. The van der Waals surface area contributed by atoms with Crippen LogP contribution in [0.3, 0.4) is 0 Å². The third-order valence-electron chi connectivity index (χ3n) is 3.23. The van der Waals surface area contributed by atoms with Gasteiger partial charge in [0, 0.05) is 7.11 Å². The van der Waals surface area contributed by atoms with Crippen molar-refractivity contribution in [1.29, 1.82) is 0 Å². The van der Waals surface area contributed by atoms with Crippen molar-refractivity contribution in [1.82, 2.24) is 0 Å². The van der Waals surface area contributed by atoms with Gasteiger partial charge in [-0.25, -0.2) is 4.39 Å². The van der Waals surface area contributed by atoms with Crippen molar-refractivity contribution >= 4 is 17.4 Å². The first kappa shape index (κ1) is 15.9. The van der Waals surface area contributed by atoms with Crippen LogP contribution >= 0.6 is 0 Å². The summed E-state index contributed by atoms with van der Waals surface area (Å²) in [4.78, 5) is 12.2. The second-order valence-corrected chi connectivity index (χ2v) is 4.39. The number of benzene rings is 1. The van der Waals surface area contributed by atoms with Gasteiger partial charge in [-0.05, 0) is 25.5 Å². The lowest BCUT2D eigenvalue weighted by Gasteiger charge is -2.25. The fraction of sp³-hybridized carbons (Fsp3) is 0.385. The number of amides is 1. The van der Waals surface area contributed by atoms with Gasteiger partial charge in [0.05, 0.1) is 11.3 Å². The molecule has 7 heteroatoms. The molecule has 1 unspecified atom stereocenters. The highest BCUT2D eigenvalue weighted by atomic mass is 19.1. The summed E-state index contributed by atoms with van der Waals surface area (Å²) in [5.41, 5.74) is 4.32. The monoisotopic (exact) mass is 283 g/mol. The van der Waals surface area contributed by atoms with Crippen LogP contribution in [-0.2, 0) is 9.53 Å². The molecular weight excluding hydrogens is 265 g/mol. The number of carbonyl (C=O) groups is 1. The van der Waals surface area contributed by atoms with E-state index in [4.69, 9.17) is 15.7 Å². The minimum atomic E-state index is -1.05. The van der Waals surface area contributed by atoms with E-state index in [0.29, 0.717) is 6.42 Å². The van der Waals surface area contributed by atoms with Crippen LogP contribution in [0.2, 0.25) is 0 Å². The quantitative estimate of drug-likeness (QED) is 0.331. The summed E-state index contributed by atoms with van der Waals surface area (Å²) < 4.78 is 18.9. The van der Waals surface area contributed by atoms with Crippen molar-refractivity contribution < 1.29 is 19.1 Å². The van der Waals surface area contributed by atoms with Gasteiger partial charge in [0.2, 0.25) is 0 Å². The SMILES string of the molecule is CCC(C)(OC)C(=O)Nc1cccc(F)c1/C(N)=N/O. The highest BCUT2D eigenvalue weighted by Gasteiger charge is 2.31. The largest absolute Gasteiger partial charge is 0.409 e. The number of amidine groups is 1. The van der Waals surface area contributed by atoms with Gasteiger partial charge in [-0.15, -0.1) is 0 Å². The fourth-order valence-electron chi connectivity index (χ4n) is 1.59. The average Bonchev–Trinajstić information content (AvgIpc) is 2.45. The first-order valence-corrected chi connectivity index (χ1v) is 6.02. The van der Waals surface area contributed by atoms with E-state index in [2.05, 4.69) is 10.5 Å². The van der Waals surface area contributed by atoms with E-state index < -0.39 is 23.2 Å². The van der Waals surface area contributed by atoms with Crippen LogP contribution in [0.15, 0.2) is 23.4 Å². The number of nitrogens with two attached hydrogens (primary N) is 1. The maximum absolute atomic E-state index is 13.7. The predicted octanol–water partition coefficient (Wildman–Crippen LogP) is 1.67. The number of hydrogen-bond acceptors (Lipinski definition) is 4. The minimum absolute atomic E-state index is 0.113. The highest BCUT2D eigenvalue weighted by Crippen LogP contribution is 2.22. The molecule has 20 heavy (non-hydrogen) atoms. The van der Waals surface area contributed by atoms with Gasteiger partial charge in [0.15, 0.2) is 5.84 Å². The van der Waals surface area contributed by atoms with Crippen LogP contribution in [0.4, 0.5) is 10.1 Å². The lowest BCUT2D eigenvalue weighted by Crippen LogP contribution is -2.41. The van der Waals surface area contributed by atoms with E-state index in [-0.39, 0.29) is 11.3 Å². The molecule has 0 saturated carbocycles. The normalized spacial score (nSPS) is 14.7. The Hall–Kier alpha value is -2.15. The minimum Gasteiger partial charge on any atom is -0.409 e. The van der Waals surface area contributed by atoms with Crippen molar-refractivity contribution in [3.8, 4) is 0 Å². The number of rotatable bonds is 5. The van der Waals surface area contributed by atoms with E-state index in [1.807, 2.05) is 0 Å². The molecule has 1 atom stereocenters. The van der Waals surface area contributed by atoms with E-state index in [9.17, 15) is 9.18 Å². The summed E-state index contributed by atoms with van der Waals surface area (Å²) in [6.07, 6.45) is 0.434. The number of oxime groups is 1. The molecule has 1 amide bonds. The van der Waals surface area contributed by atoms with Crippen molar-refractivity contribution in [2.75, 3.05) is 12.4 Å². The van der Waals surface area contributed by atoms with Crippen molar-refractivity contribution in [3.05, 3.63) is 29.6 Å². The van der Waals surface area contributed by atoms with Gasteiger partial charge in [0.25, 0.3) is 5.91 Å². The lowest BCUT2D eigenvalue weighted by molar-refractivity contribution is -0.136. The van der Waals surface area contributed by atoms with Crippen LogP contribution in [0.25, 0.3) is 0 Å². The van der Waals surface area contributed by atoms with Crippen LogP contribution in [-0.4, -0.2) is 29.7 Å². The lowest BCUT2D eigenvalue weighted by atomic mass is 10.0. The Kier molecular flexibility index (Phi) is 5.04. The molecule has 0 aliphatic carbocycles. The fourth-order valence-corrected chi connectivity index (χ4v) is 1.59. The number of nitrogens with zero attached hydrogens (tertiary/aromatic N) is 1. The third-order valence-corrected chi connectivity index (χ3v) is 3.23. The summed E-state index contributed by atoms with van der Waals surface area (Å²) in [5, 5.41) is 14.0. The predicted molar refractivity (Wildman–Crippen MR) is 73.2 cm³/mol. The topological polar surface area (TPSA) is 96.9 Å². The molecule has 0 radical (unpaired) electrons. The average molecular weight is 283 g/mol. The van der Waals surface area contributed by atoms with Gasteiger partial charge in [-0.3, -0.25) is 4.79 Å². The molecule has 0 aromatic heterocycles. The van der Waals surface area contributed by atoms with Crippen molar-refractivity contribution in [2.45, 2.75) is 25.9 Å². The third kappa shape index (κ3) is 3.05. The van der Waals surface area contributed by atoms with E-state index in [1.54, 1.807) is 13.8 Å². The number of halogens is 1. The number of hydrogen-bond donors (Lipinski definition) is 3. The summed E-state index contributed by atoms with van der Waals surface area (Å²) in [5.74, 6) is -1.57. The molecule has 1 rings (SSSR count). The Bertz CT molecular complexity index is 528. The summed E-state index contributed by atoms with van der Waals surface area (Å²) in [7, 11) is 1.42. The van der Waals surface area contributed by atoms with Crippen LogP contribution in [0.5, 0.6) is 0 Å². The Morgan fingerprint density at radius 3 is 2.75 bits per heavy atom. The maximum Gasteiger partial charge on any atom is 0.256 e. The van der Waals surface area contributed by atoms with Crippen LogP contribution in [0.1, 0.15) is 25.8 Å². The summed E-state index contributed by atoms with van der Waals surface area (Å²) >= 11 is 0. The van der Waals surface area contributed by atoms with Gasteiger partial charge < -0.3 is 21.0 Å². The molecule has 1 aromatic carbocycles. The maximum atomic E-state index is 13.7. The van der Waals surface area contributed by atoms with Crippen LogP contribution < -0.4 is 11.1 Å². The molecule has 0 fully saturated rings. The molecule has 0 aliphatic rings. The molecule has 0 bridgehead atoms. The van der Waals surface area contributed by atoms with Crippen molar-refractivity contribution in [3.63, 3.8) is 0 Å². The zero-order chi connectivity index (χ0) is 15.3. The molecule has 0 spiro atoms. The van der Waals surface area contributed by atoms with Gasteiger partial charge in [0.1, 0.15) is 11.4 Å². The second kappa shape index (κ2) is 6.33. The first-order valence-electron chi connectivity index (χ1n) is 6.02. The Balaban J connectivity index is 3.17. The highest BCUT2D eigenvalue weighted by molar-refractivity contribution is 6.07. The molecule has 0 heterocycles. The first-order chi connectivity index (χ1) is 9.39. The van der Waals surface area contributed by atoms with E-state index >= 15 is 0 Å². The van der Waals surface area contributed by atoms with E-state index in [1.165, 1.54) is 19.2 Å². The second-order valence-electron chi connectivity index (χ2n) is 4.39. The zero-order valence-corrected chi connectivity index (χ0v) is 11.6. The van der Waals surface area contributed by atoms with Gasteiger partial charge in [-0.2, -0.15) is 0 Å².